The number of hydrogen-bond donors (Lipinski definition) is 1. The molecule has 0 bridgehead atoms. The van der Waals surface area contributed by atoms with Crippen LogP contribution in [0.2, 0.25) is 5.02 Å². The van der Waals surface area contributed by atoms with Crippen LogP contribution < -0.4 is 10.1 Å². The molecule has 0 unspecified atom stereocenters. The third-order valence-corrected chi connectivity index (χ3v) is 9.85. The Labute approximate surface area is 259 Å². The van der Waals surface area contributed by atoms with Gasteiger partial charge in [-0.25, -0.2) is 14.4 Å². The van der Waals surface area contributed by atoms with E-state index in [1.165, 1.54) is 34.6 Å². The fourth-order valence-corrected chi connectivity index (χ4v) is 7.49. The second kappa shape index (κ2) is 11.8. The van der Waals surface area contributed by atoms with Gasteiger partial charge in [0, 0.05) is 41.5 Å². The molecule has 1 atom stereocenters. The van der Waals surface area contributed by atoms with Gasteiger partial charge < -0.3 is 15.0 Å². The average Bonchev–Trinajstić information content (AvgIpc) is 3.72. The predicted molar refractivity (Wildman–Crippen MR) is 170 cm³/mol. The number of likely N-dealkylation sites (tertiary alicyclic amines) is 1. The Balaban J connectivity index is 1.08. The number of thiophene rings is 1. The number of benzene rings is 2. The van der Waals surface area contributed by atoms with E-state index in [0.29, 0.717) is 16.8 Å². The van der Waals surface area contributed by atoms with Crippen molar-refractivity contribution in [3.8, 4) is 16.2 Å². The van der Waals surface area contributed by atoms with Crippen LogP contribution in [0.25, 0.3) is 20.7 Å². The second-order valence-electron chi connectivity index (χ2n) is 11.5. The summed E-state index contributed by atoms with van der Waals surface area (Å²) in [4.78, 5) is 16.3. The number of rotatable bonds is 9. The van der Waals surface area contributed by atoms with Crippen molar-refractivity contribution in [2.24, 2.45) is 0 Å². The number of anilines is 2. The van der Waals surface area contributed by atoms with Gasteiger partial charge >= 0.3 is 0 Å². The van der Waals surface area contributed by atoms with Crippen LogP contribution >= 0.6 is 22.9 Å². The molecular formula is C32H33ClFN7OS. The maximum Gasteiger partial charge on any atom is 0.142 e. The average molecular weight is 618 g/mol. The molecule has 1 aliphatic carbocycles. The molecule has 1 N–H and O–H groups in total. The number of nitrogens with one attached hydrogen (secondary N) is 1. The van der Waals surface area contributed by atoms with Crippen LogP contribution in [-0.4, -0.2) is 69.3 Å². The van der Waals surface area contributed by atoms with E-state index in [0.717, 1.165) is 72.0 Å². The van der Waals surface area contributed by atoms with E-state index in [9.17, 15) is 4.39 Å². The molecule has 0 spiro atoms. The van der Waals surface area contributed by atoms with Crippen LogP contribution in [0.5, 0.6) is 5.75 Å². The molecule has 8 nitrogen and oxygen atoms in total. The molecule has 222 valence electrons. The zero-order valence-electron chi connectivity index (χ0n) is 24.2. The van der Waals surface area contributed by atoms with E-state index in [1.54, 1.807) is 23.7 Å². The molecule has 1 aliphatic heterocycles. The Hall–Kier alpha value is -3.57. The van der Waals surface area contributed by atoms with Crippen LogP contribution in [0.1, 0.15) is 23.2 Å². The van der Waals surface area contributed by atoms with Crippen molar-refractivity contribution in [2.75, 3.05) is 39.0 Å². The number of nitrogens with zero attached hydrogens (tertiary/aromatic N) is 6. The standard InChI is InChI=1S/C32H33ClFN7OS/c1-39(2)23-10-11-40(16-23)12-13-41-17-25-27(38-41)8-7-24-29-31(35-19-36-32(29)43-30(24)25)37-22-6-9-28(26(33)15-22)42-18-20-4-3-5-21(34)14-20/h3-6,9,14-15,17,19,23H,7-8,10-13,16,18H2,1-2H3,(H,35,36,37)/t23-/m1/s1. The highest BCUT2D eigenvalue weighted by Crippen LogP contribution is 2.45. The van der Waals surface area contributed by atoms with Crippen molar-refractivity contribution in [2.45, 2.75) is 38.5 Å². The summed E-state index contributed by atoms with van der Waals surface area (Å²) in [5.41, 5.74) is 5.18. The predicted octanol–water partition coefficient (Wildman–Crippen LogP) is 6.40. The van der Waals surface area contributed by atoms with E-state index in [2.05, 4.69) is 50.1 Å². The first-order valence-corrected chi connectivity index (χ1v) is 15.8. The molecular weight excluding hydrogens is 585 g/mol. The SMILES string of the molecule is CN(C)[C@@H]1CCN(CCn2cc3c(n2)CCc2c-3sc3ncnc(Nc4ccc(OCc5cccc(F)c5)c(Cl)c4)c23)C1. The molecule has 0 saturated carbocycles. The number of ether oxygens (including phenoxy) is 1. The molecule has 1 fully saturated rings. The van der Waals surface area contributed by atoms with Crippen molar-refractivity contribution in [1.29, 1.82) is 0 Å². The quantitative estimate of drug-likeness (QED) is 0.205. The minimum absolute atomic E-state index is 0.228. The Morgan fingerprint density at radius 3 is 2.86 bits per heavy atom. The third kappa shape index (κ3) is 5.84. The van der Waals surface area contributed by atoms with Crippen LogP contribution in [0.3, 0.4) is 0 Å². The Morgan fingerprint density at radius 2 is 2.05 bits per heavy atom. The van der Waals surface area contributed by atoms with Gasteiger partial charge in [-0.2, -0.15) is 5.10 Å². The lowest BCUT2D eigenvalue weighted by Crippen LogP contribution is -2.32. The number of halogens is 2. The molecule has 2 aromatic carbocycles. The van der Waals surface area contributed by atoms with Crippen molar-refractivity contribution in [3.63, 3.8) is 0 Å². The second-order valence-corrected chi connectivity index (χ2v) is 12.9. The smallest absolute Gasteiger partial charge is 0.142 e. The lowest BCUT2D eigenvalue weighted by molar-refractivity contribution is 0.261. The molecule has 11 heteroatoms. The van der Waals surface area contributed by atoms with Gasteiger partial charge in [0.05, 0.1) is 22.6 Å². The normalized spacial score (nSPS) is 16.5. The highest BCUT2D eigenvalue weighted by atomic mass is 35.5. The van der Waals surface area contributed by atoms with Crippen LogP contribution in [0, 0.1) is 5.82 Å². The first kappa shape index (κ1) is 28.2. The number of fused-ring (bicyclic) bond motifs is 5. The summed E-state index contributed by atoms with van der Waals surface area (Å²) in [5.74, 6) is 0.996. The molecule has 2 aliphatic rings. The zero-order chi connectivity index (χ0) is 29.5. The van der Waals surface area contributed by atoms with Gasteiger partial charge in [-0.05, 0) is 81.4 Å². The van der Waals surface area contributed by atoms with Gasteiger partial charge in [-0.1, -0.05) is 23.7 Å². The molecule has 3 aromatic heterocycles. The summed E-state index contributed by atoms with van der Waals surface area (Å²) in [6.45, 7) is 4.41. The topological polar surface area (TPSA) is 71.3 Å². The number of aryl methyl sites for hydroxylation is 2. The first-order valence-electron chi connectivity index (χ1n) is 14.6. The molecule has 5 aromatic rings. The molecule has 1 saturated heterocycles. The van der Waals surface area contributed by atoms with E-state index in [-0.39, 0.29) is 12.4 Å². The number of likely N-dealkylation sites (N-methyl/N-ethyl adjacent to an activating group) is 1. The highest BCUT2D eigenvalue weighted by molar-refractivity contribution is 7.22. The Bertz CT molecular complexity index is 1790. The van der Waals surface area contributed by atoms with Crippen molar-refractivity contribution in [3.05, 3.63) is 82.6 Å². The fourth-order valence-electron chi connectivity index (χ4n) is 6.04. The summed E-state index contributed by atoms with van der Waals surface area (Å²) < 4.78 is 21.5. The molecule has 4 heterocycles. The number of aromatic nitrogens is 4. The van der Waals surface area contributed by atoms with Gasteiger partial charge in [0.1, 0.15) is 35.1 Å². The number of hydrogen-bond acceptors (Lipinski definition) is 8. The van der Waals surface area contributed by atoms with E-state index < -0.39 is 0 Å². The summed E-state index contributed by atoms with van der Waals surface area (Å²) in [6.07, 6.45) is 6.83. The molecule has 0 radical (unpaired) electrons. The Kier molecular flexibility index (Phi) is 7.77. The van der Waals surface area contributed by atoms with Gasteiger partial charge in [-0.3, -0.25) is 9.58 Å². The van der Waals surface area contributed by atoms with Crippen molar-refractivity contribution >= 4 is 44.7 Å². The lowest BCUT2D eigenvalue weighted by atomic mass is 9.95. The van der Waals surface area contributed by atoms with Gasteiger partial charge in [0.25, 0.3) is 0 Å². The van der Waals surface area contributed by atoms with Crippen molar-refractivity contribution < 1.29 is 9.13 Å². The van der Waals surface area contributed by atoms with E-state index in [1.807, 2.05) is 24.3 Å². The largest absolute Gasteiger partial charge is 0.487 e. The summed E-state index contributed by atoms with van der Waals surface area (Å²) in [7, 11) is 4.34. The van der Waals surface area contributed by atoms with Crippen LogP contribution in [0.15, 0.2) is 55.0 Å². The summed E-state index contributed by atoms with van der Waals surface area (Å²) in [6, 6.07) is 12.5. The van der Waals surface area contributed by atoms with Crippen molar-refractivity contribution in [1.82, 2.24) is 29.5 Å². The van der Waals surface area contributed by atoms with E-state index >= 15 is 0 Å². The minimum Gasteiger partial charge on any atom is -0.487 e. The molecule has 0 amide bonds. The van der Waals surface area contributed by atoms with Gasteiger partial charge in [-0.15, -0.1) is 11.3 Å². The van der Waals surface area contributed by atoms with Crippen LogP contribution in [0.4, 0.5) is 15.9 Å². The van der Waals surface area contributed by atoms with Crippen LogP contribution in [-0.2, 0) is 26.0 Å². The molecule has 7 rings (SSSR count). The minimum atomic E-state index is -0.292. The lowest BCUT2D eigenvalue weighted by Gasteiger charge is -2.20. The van der Waals surface area contributed by atoms with E-state index in [4.69, 9.17) is 21.4 Å². The monoisotopic (exact) mass is 617 g/mol. The maximum atomic E-state index is 13.5. The Morgan fingerprint density at radius 1 is 1.14 bits per heavy atom. The molecule has 43 heavy (non-hydrogen) atoms. The summed E-state index contributed by atoms with van der Waals surface area (Å²) >= 11 is 8.27. The summed E-state index contributed by atoms with van der Waals surface area (Å²) in [5, 5.41) is 9.94. The first-order chi connectivity index (χ1) is 20.9. The zero-order valence-corrected chi connectivity index (χ0v) is 25.8. The van der Waals surface area contributed by atoms with Gasteiger partial charge in [0.15, 0.2) is 0 Å². The highest BCUT2D eigenvalue weighted by Gasteiger charge is 2.27. The van der Waals surface area contributed by atoms with Gasteiger partial charge in [0.2, 0.25) is 0 Å². The maximum absolute atomic E-state index is 13.5. The fraction of sp³-hybridized carbons (Fsp3) is 0.344. The third-order valence-electron chi connectivity index (χ3n) is 8.38.